The van der Waals surface area contributed by atoms with E-state index in [9.17, 15) is 13.2 Å². The fourth-order valence-electron chi connectivity index (χ4n) is 4.39. The first-order valence-corrected chi connectivity index (χ1v) is 10.8. The largest absolute Gasteiger partial charge is 0.493 e. The van der Waals surface area contributed by atoms with Gasteiger partial charge in [-0.1, -0.05) is 0 Å². The van der Waals surface area contributed by atoms with E-state index in [-0.39, 0.29) is 11.4 Å². The number of halogens is 3. The van der Waals surface area contributed by atoms with Crippen LogP contribution in [0.2, 0.25) is 0 Å². The van der Waals surface area contributed by atoms with Crippen molar-refractivity contribution in [3.05, 3.63) is 64.1 Å². The van der Waals surface area contributed by atoms with Crippen LogP contribution in [0.25, 0.3) is 23.5 Å². The van der Waals surface area contributed by atoms with E-state index in [1.807, 2.05) is 12.1 Å². The van der Waals surface area contributed by atoms with E-state index >= 15 is 0 Å². The van der Waals surface area contributed by atoms with Crippen LogP contribution in [-0.2, 0) is 11.0 Å². The standard InChI is InChI=1S/C25H19F3N2O6/c1-31-21-8-13(9-22(32-2)23(21)33-3)18-7-12-6-15-20(11-19(12)34-18)36-29-30-16-10-14(25(26,27)28)4-5-17(16)35-24(15)30/h4-11,20,29H,1-3H3. The van der Waals surface area contributed by atoms with Gasteiger partial charge in [0, 0.05) is 16.4 Å². The number of rotatable bonds is 4. The van der Waals surface area contributed by atoms with Crippen LogP contribution in [0.1, 0.15) is 5.56 Å². The summed E-state index contributed by atoms with van der Waals surface area (Å²) in [5.41, 5.74) is 3.98. The molecule has 1 aliphatic carbocycles. The highest BCUT2D eigenvalue weighted by Gasteiger charge is 2.39. The number of nitrogens with zero attached hydrogens (tertiary/aromatic N) is 1. The van der Waals surface area contributed by atoms with Gasteiger partial charge in [0.25, 0.3) is 0 Å². The number of nitrogens with one attached hydrogen (secondary N) is 1. The van der Waals surface area contributed by atoms with Crippen LogP contribution in [0.3, 0.4) is 0 Å². The van der Waals surface area contributed by atoms with Crippen molar-refractivity contribution in [1.29, 1.82) is 0 Å². The molecule has 2 aliphatic heterocycles. The summed E-state index contributed by atoms with van der Waals surface area (Å²) in [6.07, 6.45) is -1.48. The zero-order valence-corrected chi connectivity index (χ0v) is 19.2. The summed E-state index contributed by atoms with van der Waals surface area (Å²) in [5, 5.41) is 2.10. The fraction of sp³-hybridized carbons (Fsp3) is 0.200. The highest BCUT2D eigenvalue weighted by Crippen LogP contribution is 2.45. The maximum atomic E-state index is 13.2. The lowest BCUT2D eigenvalue weighted by Crippen LogP contribution is -2.47. The normalized spacial score (nSPS) is 17.7. The van der Waals surface area contributed by atoms with E-state index in [2.05, 4.69) is 5.59 Å². The molecule has 8 nitrogen and oxygen atoms in total. The maximum Gasteiger partial charge on any atom is 0.416 e. The highest BCUT2D eigenvalue weighted by atomic mass is 19.4. The molecule has 36 heavy (non-hydrogen) atoms. The Bertz CT molecular complexity index is 1520. The molecule has 0 saturated carbocycles. The van der Waals surface area contributed by atoms with E-state index in [0.717, 1.165) is 17.4 Å². The molecule has 2 aromatic carbocycles. The summed E-state index contributed by atoms with van der Waals surface area (Å²) in [6.45, 7) is 0. The number of benzene rings is 2. The van der Waals surface area contributed by atoms with Gasteiger partial charge < -0.3 is 23.4 Å². The summed E-state index contributed by atoms with van der Waals surface area (Å²) in [5.74, 6) is 2.58. The average Bonchev–Trinajstić information content (AvgIpc) is 3.46. The van der Waals surface area contributed by atoms with Crippen molar-refractivity contribution >= 4 is 17.8 Å². The molecule has 1 aromatic heterocycles. The van der Waals surface area contributed by atoms with Crippen molar-refractivity contribution in [2.24, 2.45) is 0 Å². The molecule has 3 heterocycles. The number of methoxy groups -OCH3 is 3. The van der Waals surface area contributed by atoms with E-state index < -0.39 is 17.8 Å². The van der Waals surface area contributed by atoms with Crippen molar-refractivity contribution in [3.63, 3.8) is 0 Å². The molecule has 0 bridgehead atoms. The van der Waals surface area contributed by atoms with E-state index in [1.54, 1.807) is 18.2 Å². The van der Waals surface area contributed by atoms with Crippen LogP contribution >= 0.6 is 0 Å². The number of alkyl halides is 3. The Morgan fingerprint density at radius 1 is 0.972 bits per heavy atom. The third kappa shape index (κ3) is 3.39. The zero-order valence-electron chi connectivity index (χ0n) is 19.2. The molecule has 0 fully saturated rings. The van der Waals surface area contributed by atoms with Crippen LogP contribution in [0.4, 0.5) is 18.9 Å². The van der Waals surface area contributed by atoms with Gasteiger partial charge in [0.15, 0.2) is 17.2 Å². The van der Waals surface area contributed by atoms with Crippen LogP contribution in [0.5, 0.6) is 23.0 Å². The second-order valence-corrected chi connectivity index (χ2v) is 8.16. The van der Waals surface area contributed by atoms with Crippen molar-refractivity contribution in [3.8, 4) is 34.3 Å². The Kier molecular flexibility index (Phi) is 4.95. The van der Waals surface area contributed by atoms with Gasteiger partial charge in [-0.05, 0) is 48.6 Å². The number of hydrogen-bond acceptors (Lipinski definition) is 8. The zero-order chi connectivity index (χ0) is 25.2. The first-order chi connectivity index (χ1) is 17.3. The number of fused-ring (bicyclic) bond motifs is 5. The topological polar surface area (TPSA) is 74.6 Å². The molecule has 1 atom stereocenters. The summed E-state index contributed by atoms with van der Waals surface area (Å²) in [4.78, 5) is 5.71. The Hall–Kier alpha value is -4.09. The smallest absolute Gasteiger partial charge is 0.416 e. The molecule has 1 unspecified atom stereocenters. The van der Waals surface area contributed by atoms with Crippen molar-refractivity contribution in [2.75, 3.05) is 26.3 Å². The summed E-state index contributed by atoms with van der Waals surface area (Å²) < 4.78 is 67.9. The quantitative estimate of drug-likeness (QED) is 0.584. The first kappa shape index (κ1) is 22.4. The van der Waals surface area contributed by atoms with Gasteiger partial charge >= 0.3 is 6.18 Å². The number of hydrogen-bond donors (Lipinski definition) is 1. The molecule has 0 spiro atoms. The van der Waals surface area contributed by atoms with Gasteiger partial charge in [-0.3, -0.25) is 4.84 Å². The SMILES string of the molecule is COc1cc(-c2cc3c(o2)=CC2ONN4C(=C2C=3)Oc2ccc(C(F)(F)F)cc24)cc(OC)c1OC. The number of ether oxygens (including phenoxy) is 4. The molecule has 3 aromatic rings. The fourth-order valence-corrected chi connectivity index (χ4v) is 4.39. The Morgan fingerprint density at radius 3 is 2.39 bits per heavy atom. The molecular formula is C25H19F3N2O6. The lowest BCUT2D eigenvalue weighted by Gasteiger charge is -2.30. The lowest BCUT2D eigenvalue weighted by molar-refractivity contribution is -0.137. The minimum atomic E-state index is -4.48. The molecule has 186 valence electrons. The van der Waals surface area contributed by atoms with Gasteiger partial charge in [-0.25, -0.2) is 5.01 Å². The third-order valence-corrected chi connectivity index (χ3v) is 6.12. The van der Waals surface area contributed by atoms with Crippen LogP contribution in [-0.4, -0.2) is 27.4 Å². The summed E-state index contributed by atoms with van der Waals surface area (Å²) in [7, 11) is 4.58. The van der Waals surface area contributed by atoms with Crippen molar-refractivity contribution in [2.45, 2.75) is 12.3 Å². The molecule has 0 amide bonds. The van der Waals surface area contributed by atoms with Crippen LogP contribution in [0.15, 0.2) is 52.3 Å². The Morgan fingerprint density at radius 2 is 1.72 bits per heavy atom. The maximum absolute atomic E-state index is 13.2. The minimum absolute atomic E-state index is 0.204. The molecule has 1 N–H and O–H groups in total. The molecule has 0 radical (unpaired) electrons. The van der Waals surface area contributed by atoms with Crippen LogP contribution in [0, 0.1) is 0 Å². The van der Waals surface area contributed by atoms with E-state index in [0.29, 0.717) is 45.4 Å². The molecule has 11 heteroatoms. The number of hydrazine groups is 1. The average molecular weight is 500 g/mol. The second kappa shape index (κ2) is 7.97. The summed E-state index contributed by atoms with van der Waals surface area (Å²) >= 11 is 0. The van der Waals surface area contributed by atoms with Crippen molar-refractivity contribution < 1.29 is 41.4 Å². The molecule has 3 aliphatic rings. The van der Waals surface area contributed by atoms with Gasteiger partial charge in [-0.2, -0.15) is 13.2 Å². The van der Waals surface area contributed by atoms with Crippen LogP contribution < -0.4 is 40.2 Å². The minimum Gasteiger partial charge on any atom is -0.493 e. The molecule has 6 rings (SSSR count). The third-order valence-electron chi connectivity index (χ3n) is 6.12. The number of furan rings is 1. The molecular weight excluding hydrogens is 481 g/mol. The highest BCUT2D eigenvalue weighted by molar-refractivity contribution is 5.74. The van der Waals surface area contributed by atoms with Gasteiger partial charge in [0.1, 0.15) is 23.0 Å². The first-order valence-electron chi connectivity index (χ1n) is 10.8. The van der Waals surface area contributed by atoms with E-state index in [4.69, 9.17) is 28.2 Å². The van der Waals surface area contributed by atoms with Gasteiger partial charge in [0.05, 0.1) is 26.9 Å². The summed E-state index contributed by atoms with van der Waals surface area (Å²) in [6, 6.07) is 8.67. The van der Waals surface area contributed by atoms with E-state index in [1.165, 1.54) is 32.4 Å². The molecule has 0 saturated heterocycles. The number of anilines is 1. The Labute approximate surface area is 202 Å². The van der Waals surface area contributed by atoms with Crippen molar-refractivity contribution in [1.82, 2.24) is 5.59 Å². The lowest BCUT2D eigenvalue weighted by atomic mass is 10.0. The van der Waals surface area contributed by atoms with Gasteiger partial charge in [-0.15, -0.1) is 5.59 Å². The predicted octanol–water partition coefficient (Wildman–Crippen LogP) is 3.49. The predicted molar refractivity (Wildman–Crippen MR) is 122 cm³/mol. The van der Waals surface area contributed by atoms with Gasteiger partial charge in [0.2, 0.25) is 11.6 Å². The second-order valence-electron chi connectivity index (χ2n) is 8.16. The Balaban J connectivity index is 1.43. The monoisotopic (exact) mass is 500 g/mol.